The van der Waals surface area contributed by atoms with Crippen LogP contribution in [0.3, 0.4) is 0 Å². The maximum absolute atomic E-state index is 12.9. The quantitative estimate of drug-likeness (QED) is 0.559. The van der Waals surface area contributed by atoms with Crippen molar-refractivity contribution >= 4 is 23.2 Å². The molecule has 0 atom stereocenters. The number of ether oxygens (including phenoxy) is 1. The average Bonchev–Trinajstić information content (AvgIpc) is 2.79. The number of carbonyl (C=O) groups excluding carboxylic acids is 1. The Morgan fingerprint density at radius 3 is 2.34 bits per heavy atom. The van der Waals surface area contributed by atoms with Gasteiger partial charge in [0.05, 0.1) is 18.1 Å². The van der Waals surface area contributed by atoms with Gasteiger partial charge in [-0.25, -0.2) is 9.97 Å². The van der Waals surface area contributed by atoms with Gasteiger partial charge in [-0.05, 0) is 18.2 Å². The summed E-state index contributed by atoms with van der Waals surface area (Å²) in [6.07, 6.45) is 3.38. The zero-order valence-corrected chi connectivity index (χ0v) is 15.9. The molecule has 0 unspecified atom stereocenters. The van der Waals surface area contributed by atoms with Crippen molar-refractivity contribution in [3.63, 3.8) is 0 Å². The van der Waals surface area contributed by atoms with Gasteiger partial charge in [-0.3, -0.25) is 14.9 Å². The summed E-state index contributed by atoms with van der Waals surface area (Å²) < 4.78 is 5.32. The maximum atomic E-state index is 12.9. The summed E-state index contributed by atoms with van der Waals surface area (Å²) in [4.78, 5) is 38.3. The first-order valence-corrected chi connectivity index (χ1v) is 9.56. The van der Waals surface area contributed by atoms with E-state index in [0.29, 0.717) is 69.7 Å². The van der Waals surface area contributed by atoms with E-state index in [2.05, 4.69) is 9.97 Å². The van der Waals surface area contributed by atoms with Crippen molar-refractivity contribution in [3.05, 3.63) is 52.3 Å². The number of morpholine rings is 1. The summed E-state index contributed by atoms with van der Waals surface area (Å²) in [5.74, 6) is 0.445. The fourth-order valence-electron chi connectivity index (χ4n) is 3.62. The molecular weight excluding hydrogens is 376 g/mol. The standard InChI is InChI=1S/C19H22N6O4/c26-18(23-6-8-24(9-7-23)19-20-4-1-5-21-19)15-2-3-16(17(14-15)25(27)28)22-10-12-29-13-11-22/h1-5,14H,6-13H2. The summed E-state index contributed by atoms with van der Waals surface area (Å²) in [6, 6.07) is 6.49. The van der Waals surface area contributed by atoms with Crippen LogP contribution in [0.15, 0.2) is 36.7 Å². The fourth-order valence-corrected chi connectivity index (χ4v) is 3.62. The minimum absolute atomic E-state index is 0.0472. The molecule has 3 heterocycles. The molecule has 0 aliphatic carbocycles. The number of hydrogen-bond donors (Lipinski definition) is 0. The van der Waals surface area contributed by atoms with Crippen molar-refractivity contribution in [3.8, 4) is 0 Å². The van der Waals surface area contributed by atoms with E-state index in [9.17, 15) is 14.9 Å². The monoisotopic (exact) mass is 398 g/mol. The molecule has 1 aromatic heterocycles. The molecule has 2 aliphatic rings. The number of piperazine rings is 1. The highest BCUT2D eigenvalue weighted by atomic mass is 16.6. The van der Waals surface area contributed by atoms with E-state index in [0.717, 1.165) is 0 Å². The van der Waals surface area contributed by atoms with Crippen LogP contribution in [0.25, 0.3) is 0 Å². The van der Waals surface area contributed by atoms with Crippen molar-refractivity contribution < 1.29 is 14.5 Å². The number of rotatable bonds is 4. The minimum atomic E-state index is -0.424. The van der Waals surface area contributed by atoms with Gasteiger partial charge in [-0.1, -0.05) is 0 Å². The number of hydrogen-bond acceptors (Lipinski definition) is 8. The Kier molecular flexibility index (Phi) is 5.52. The Hall–Kier alpha value is -3.27. The molecule has 2 fully saturated rings. The summed E-state index contributed by atoms with van der Waals surface area (Å²) in [5.41, 5.74) is 0.813. The van der Waals surface area contributed by atoms with E-state index < -0.39 is 4.92 Å². The van der Waals surface area contributed by atoms with Crippen LogP contribution >= 0.6 is 0 Å². The molecule has 1 aromatic carbocycles. The lowest BCUT2D eigenvalue weighted by molar-refractivity contribution is -0.384. The predicted molar refractivity (Wildman–Crippen MR) is 106 cm³/mol. The Balaban J connectivity index is 1.47. The third-order valence-corrected chi connectivity index (χ3v) is 5.17. The second kappa shape index (κ2) is 8.39. The molecule has 0 N–H and O–H groups in total. The number of nitro benzene ring substituents is 1. The Morgan fingerprint density at radius 1 is 1.00 bits per heavy atom. The lowest BCUT2D eigenvalue weighted by Gasteiger charge is -2.34. The predicted octanol–water partition coefficient (Wildman–Crippen LogP) is 1.18. The van der Waals surface area contributed by atoms with Gasteiger partial charge in [-0.15, -0.1) is 0 Å². The number of nitro groups is 1. The van der Waals surface area contributed by atoms with Gasteiger partial charge in [0.15, 0.2) is 0 Å². The number of benzene rings is 1. The number of aromatic nitrogens is 2. The van der Waals surface area contributed by atoms with Crippen molar-refractivity contribution in [1.29, 1.82) is 0 Å². The normalized spacial score (nSPS) is 17.3. The first-order valence-electron chi connectivity index (χ1n) is 9.56. The van der Waals surface area contributed by atoms with Crippen molar-refractivity contribution in [1.82, 2.24) is 14.9 Å². The minimum Gasteiger partial charge on any atom is -0.378 e. The SMILES string of the molecule is O=C(c1ccc(N2CCOCC2)c([N+](=O)[O-])c1)N1CCN(c2ncccn2)CC1. The Morgan fingerprint density at radius 2 is 1.69 bits per heavy atom. The van der Waals surface area contributed by atoms with E-state index in [1.807, 2.05) is 9.80 Å². The first kappa shape index (κ1) is 19.1. The van der Waals surface area contributed by atoms with Crippen molar-refractivity contribution in [2.45, 2.75) is 0 Å². The molecule has 0 radical (unpaired) electrons. The van der Waals surface area contributed by atoms with Gasteiger partial charge in [0.25, 0.3) is 11.6 Å². The van der Waals surface area contributed by atoms with E-state index in [1.54, 1.807) is 35.5 Å². The molecular formula is C19H22N6O4. The number of amides is 1. The lowest BCUT2D eigenvalue weighted by atomic mass is 10.1. The average molecular weight is 398 g/mol. The highest BCUT2D eigenvalue weighted by Crippen LogP contribution is 2.30. The Bertz CT molecular complexity index is 880. The topological polar surface area (TPSA) is 105 Å². The number of anilines is 2. The molecule has 4 rings (SSSR count). The van der Waals surface area contributed by atoms with Crippen LogP contribution in [-0.4, -0.2) is 78.2 Å². The molecule has 0 saturated carbocycles. The molecule has 2 aromatic rings. The summed E-state index contributed by atoms with van der Waals surface area (Å²) in [5, 5.41) is 11.6. The molecule has 152 valence electrons. The lowest BCUT2D eigenvalue weighted by Crippen LogP contribution is -2.49. The van der Waals surface area contributed by atoms with E-state index >= 15 is 0 Å². The van der Waals surface area contributed by atoms with Crippen molar-refractivity contribution in [2.75, 3.05) is 62.3 Å². The largest absolute Gasteiger partial charge is 0.378 e. The summed E-state index contributed by atoms with van der Waals surface area (Å²) >= 11 is 0. The number of carbonyl (C=O) groups is 1. The number of nitrogens with zero attached hydrogens (tertiary/aromatic N) is 6. The molecule has 10 nitrogen and oxygen atoms in total. The summed E-state index contributed by atoms with van der Waals surface area (Å²) in [7, 11) is 0. The van der Waals surface area contributed by atoms with Crippen molar-refractivity contribution in [2.24, 2.45) is 0 Å². The molecule has 2 saturated heterocycles. The maximum Gasteiger partial charge on any atom is 0.293 e. The molecule has 0 spiro atoms. The first-order chi connectivity index (χ1) is 14.1. The van der Waals surface area contributed by atoms with Crippen LogP contribution < -0.4 is 9.80 Å². The fraction of sp³-hybridized carbons (Fsp3) is 0.421. The van der Waals surface area contributed by atoms with Crippen LogP contribution in [0, 0.1) is 10.1 Å². The van der Waals surface area contributed by atoms with Gasteiger partial charge in [-0.2, -0.15) is 0 Å². The third kappa shape index (κ3) is 4.11. The second-order valence-corrected chi connectivity index (χ2v) is 6.89. The van der Waals surface area contributed by atoms with Gasteiger partial charge in [0.1, 0.15) is 5.69 Å². The molecule has 29 heavy (non-hydrogen) atoms. The molecule has 0 bridgehead atoms. The van der Waals surface area contributed by atoms with Crippen LogP contribution in [0.4, 0.5) is 17.3 Å². The van der Waals surface area contributed by atoms with E-state index in [-0.39, 0.29) is 11.6 Å². The Labute approximate surface area is 167 Å². The van der Waals surface area contributed by atoms with Gasteiger partial charge in [0, 0.05) is 63.3 Å². The molecule has 2 aliphatic heterocycles. The van der Waals surface area contributed by atoms with Crippen LogP contribution in [0.2, 0.25) is 0 Å². The highest BCUT2D eigenvalue weighted by molar-refractivity contribution is 5.96. The molecule has 10 heteroatoms. The zero-order chi connectivity index (χ0) is 20.2. The van der Waals surface area contributed by atoms with Crippen LogP contribution in [-0.2, 0) is 4.74 Å². The second-order valence-electron chi connectivity index (χ2n) is 6.89. The van der Waals surface area contributed by atoms with E-state index in [1.165, 1.54) is 6.07 Å². The van der Waals surface area contributed by atoms with Gasteiger partial charge < -0.3 is 19.4 Å². The van der Waals surface area contributed by atoms with Crippen LogP contribution in [0.1, 0.15) is 10.4 Å². The van der Waals surface area contributed by atoms with Crippen LogP contribution in [0.5, 0.6) is 0 Å². The smallest absolute Gasteiger partial charge is 0.293 e. The highest BCUT2D eigenvalue weighted by Gasteiger charge is 2.27. The van der Waals surface area contributed by atoms with Gasteiger partial charge in [0.2, 0.25) is 5.95 Å². The summed E-state index contributed by atoms with van der Waals surface area (Å²) in [6.45, 7) is 4.51. The zero-order valence-electron chi connectivity index (χ0n) is 15.9. The van der Waals surface area contributed by atoms with E-state index in [4.69, 9.17) is 4.74 Å². The van der Waals surface area contributed by atoms with Gasteiger partial charge >= 0.3 is 0 Å². The molecule has 1 amide bonds. The third-order valence-electron chi connectivity index (χ3n) is 5.17.